The summed E-state index contributed by atoms with van der Waals surface area (Å²) in [5.74, 6) is 0. The van der Waals surface area contributed by atoms with E-state index in [-0.39, 0.29) is 0 Å². The van der Waals surface area contributed by atoms with Crippen LogP contribution in [0.15, 0.2) is 64.9 Å². The van der Waals surface area contributed by atoms with Crippen molar-refractivity contribution in [1.29, 1.82) is 4.78 Å². The van der Waals surface area contributed by atoms with Crippen LogP contribution >= 0.6 is 0 Å². The summed E-state index contributed by atoms with van der Waals surface area (Å²) >= 11 is 0. The average molecular weight is 272 g/mol. The molecule has 0 bridgehead atoms. The predicted octanol–water partition coefficient (Wildman–Crippen LogP) is 3.36. The van der Waals surface area contributed by atoms with Gasteiger partial charge in [-0.15, -0.1) is 0 Å². The fourth-order valence-corrected chi connectivity index (χ4v) is 2.87. The number of aryl methyl sites for hydroxylation is 1. The predicted molar refractivity (Wildman–Crippen MR) is 78.9 cm³/mol. The van der Waals surface area contributed by atoms with Crippen LogP contribution in [0.4, 0.5) is 0 Å². The van der Waals surface area contributed by atoms with Gasteiger partial charge in [0.1, 0.15) is 0 Å². The molecule has 2 rings (SSSR count). The van der Waals surface area contributed by atoms with E-state index < -0.39 is 9.73 Å². The highest BCUT2D eigenvalue weighted by Crippen LogP contribution is 2.17. The van der Waals surface area contributed by atoms with Crippen molar-refractivity contribution >= 4 is 15.4 Å². The lowest BCUT2D eigenvalue weighted by atomic mass is 10.1. The van der Waals surface area contributed by atoms with Gasteiger partial charge in [0.2, 0.25) is 0 Å². The molecule has 0 aliphatic carbocycles. The monoisotopic (exact) mass is 272 g/mol. The highest BCUT2D eigenvalue weighted by molar-refractivity contribution is 7.95. The van der Waals surface area contributed by atoms with Gasteiger partial charge in [-0.2, -0.15) is 0 Å². The molecule has 4 heteroatoms. The van der Waals surface area contributed by atoms with Crippen LogP contribution in [0.25, 0.3) is 5.70 Å². The number of hydrogen-bond acceptors (Lipinski definition) is 3. The second kappa shape index (κ2) is 5.28. The summed E-state index contributed by atoms with van der Waals surface area (Å²) in [6.07, 6.45) is 0. The van der Waals surface area contributed by atoms with Crippen molar-refractivity contribution < 1.29 is 4.21 Å². The molecular weight excluding hydrogens is 256 g/mol. The minimum absolute atomic E-state index is 0.365. The van der Waals surface area contributed by atoms with Crippen molar-refractivity contribution in [3.05, 3.63) is 71.1 Å². The molecule has 2 aromatic carbocycles. The van der Waals surface area contributed by atoms with Gasteiger partial charge in [-0.3, -0.25) is 0 Å². The Morgan fingerprint density at radius 3 is 2.26 bits per heavy atom. The topological polar surface area (TPSA) is 66.9 Å². The van der Waals surface area contributed by atoms with Crippen LogP contribution in [0.1, 0.15) is 11.1 Å². The first kappa shape index (κ1) is 13.4. The standard InChI is InChI=1S/C15H16N2OS/c1-12-7-9-13(10-8-12)15(16)11-19(17,18)14-5-3-2-4-6-14/h2-11,17H,16H2,1H3. The van der Waals surface area contributed by atoms with Gasteiger partial charge < -0.3 is 5.73 Å². The van der Waals surface area contributed by atoms with Crippen LogP contribution < -0.4 is 5.73 Å². The van der Waals surface area contributed by atoms with Crippen LogP contribution in [0, 0.1) is 11.7 Å². The van der Waals surface area contributed by atoms with E-state index in [0.717, 1.165) is 11.1 Å². The minimum atomic E-state index is -3.00. The van der Waals surface area contributed by atoms with Gasteiger partial charge in [0.25, 0.3) is 0 Å². The van der Waals surface area contributed by atoms with Crippen molar-refractivity contribution in [2.45, 2.75) is 11.8 Å². The van der Waals surface area contributed by atoms with Crippen molar-refractivity contribution in [3.8, 4) is 0 Å². The van der Waals surface area contributed by atoms with Gasteiger partial charge in [0, 0.05) is 11.1 Å². The third-order valence-corrected chi connectivity index (χ3v) is 4.33. The Morgan fingerprint density at radius 2 is 1.68 bits per heavy atom. The second-order valence-corrected chi connectivity index (χ2v) is 6.26. The fourth-order valence-electron chi connectivity index (χ4n) is 1.68. The third kappa shape index (κ3) is 3.23. The molecule has 0 spiro atoms. The zero-order valence-corrected chi connectivity index (χ0v) is 11.5. The zero-order chi connectivity index (χ0) is 13.9. The Kier molecular flexibility index (Phi) is 3.71. The van der Waals surface area contributed by atoms with Gasteiger partial charge >= 0.3 is 0 Å². The Labute approximate surface area is 113 Å². The van der Waals surface area contributed by atoms with E-state index in [4.69, 9.17) is 10.5 Å². The lowest BCUT2D eigenvalue weighted by Gasteiger charge is -2.06. The van der Waals surface area contributed by atoms with E-state index in [9.17, 15) is 4.21 Å². The summed E-state index contributed by atoms with van der Waals surface area (Å²) in [6, 6.07) is 16.3. The first-order chi connectivity index (χ1) is 8.99. The molecule has 3 N–H and O–H groups in total. The maximum absolute atomic E-state index is 12.3. The third-order valence-electron chi connectivity index (χ3n) is 2.77. The molecule has 0 saturated carbocycles. The van der Waals surface area contributed by atoms with Crippen LogP contribution in [0.5, 0.6) is 0 Å². The Bertz CT molecular complexity index is 687. The van der Waals surface area contributed by atoms with E-state index in [1.54, 1.807) is 24.3 Å². The Morgan fingerprint density at radius 1 is 1.11 bits per heavy atom. The van der Waals surface area contributed by atoms with Gasteiger partial charge in [-0.25, -0.2) is 8.99 Å². The summed E-state index contributed by atoms with van der Waals surface area (Å²) in [5.41, 5.74) is 8.21. The molecule has 98 valence electrons. The maximum Gasteiger partial charge on any atom is 0.0963 e. The highest BCUT2D eigenvalue weighted by atomic mass is 32.2. The summed E-state index contributed by atoms with van der Waals surface area (Å²) in [5, 5.41) is 1.33. The summed E-state index contributed by atoms with van der Waals surface area (Å²) < 4.78 is 20.3. The quantitative estimate of drug-likeness (QED) is 0.899. The fraction of sp³-hybridized carbons (Fsp3) is 0.0667. The van der Waals surface area contributed by atoms with E-state index in [2.05, 4.69) is 0 Å². The number of hydrogen-bond donors (Lipinski definition) is 2. The first-order valence-corrected chi connectivity index (χ1v) is 7.49. The SMILES string of the molecule is Cc1ccc(C(N)=CS(=N)(=O)c2ccccc2)cc1. The van der Waals surface area contributed by atoms with Crippen LogP contribution in [-0.2, 0) is 9.73 Å². The average Bonchev–Trinajstić information content (AvgIpc) is 2.40. The lowest BCUT2D eigenvalue weighted by molar-refractivity contribution is 0.681. The van der Waals surface area contributed by atoms with Gasteiger partial charge in [0.15, 0.2) is 0 Å². The van der Waals surface area contributed by atoms with Crippen molar-refractivity contribution in [2.24, 2.45) is 5.73 Å². The van der Waals surface area contributed by atoms with Crippen LogP contribution in [0.3, 0.4) is 0 Å². The molecule has 0 heterocycles. The molecule has 19 heavy (non-hydrogen) atoms. The molecule has 0 aromatic heterocycles. The smallest absolute Gasteiger partial charge is 0.0963 e. The summed E-state index contributed by atoms with van der Waals surface area (Å²) in [4.78, 5) is 0.463. The molecule has 3 nitrogen and oxygen atoms in total. The molecule has 0 radical (unpaired) electrons. The number of rotatable bonds is 3. The van der Waals surface area contributed by atoms with Crippen LogP contribution in [-0.4, -0.2) is 4.21 Å². The minimum Gasteiger partial charge on any atom is -0.398 e. The molecule has 0 saturated heterocycles. The molecule has 0 amide bonds. The zero-order valence-electron chi connectivity index (χ0n) is 10.7. The molecule has 0 aliphatic heterocycles. The maximum atomic E-state index is 12.3. The largest absolute Gasteiger partial charge is 0.398 e. The number of benzene rings is 2. The van der Waals surface area contributed by atoms with E-state index >= 15 is 0 Å². The number of nitrogens with one attached hydrogen (secondary N) is 1. The van der Waals surface area contributed by atoms with E-state index in [0.29, 0.717) is 10.6 Å². The molecule has 1 atom stereocenters. The van der Waals surface area contributed by atoms with Gasteiger partial charge in [-0.1, -0.05) is 48.0 Å². The molecule has 0 fully saturated rings. The van der Waals surface area contributed by atoms with Gasteiger partial charge in [0.05, 0.1) is 14.6 Å². The molecule has 0 aliphatic rings. The number of nitrogens with two attached hydrogens (primary N) is 1. The molecular formula is C15H16N2OS. The first-order valence-electron chi connectivity index (χ1n) is 5.87. The normalized spacial score (nSPS) is 14.9. The summed E-state index contributed by atoms with van der Waals surface area (Å²) in [6.45, 7) is 1.99. The van der Waals surface area contributed by atoms with Gasteiger partial charge in [-0.05, 0) is 24.6 Å². The van der Waals surface area contributed by atoms with E-state index in [1.807, 2.05) is 37.3 Å². The van der Waals surface area contributed by atoms with Crippen molar-refractivity contribution in [3.63, 3.8) is 0 Å². The van der Waals surface area contributed by atoms with Crippen LogP contribution in [0.2, 0.25) is 0 Å². The van der Waals surface area contributed by atoms with Crippen molar-refractivity contribution in [2.75, 3.05) is 0 Å². The summed E-state index contributed by atoms with van der Waals surface area (Å²) in [7, 11) is -3.00. The second-order valence-electron chi connectivity index (χ2n) is 4.35. The van der Waals surface area contributed by atoms with E-state index in [1.165, 1.54) is 5.41 Å². The Hall–Kier alpha value is -2.07. The Balaban J connectivity index is 2.38. The molecule has 1 unspecified atom stereocenters. The molecule has 2 aromatic rings. The lowest BCUT2D eigenvalue weighted by Crippen LogP contribution is -2.02. The highest BCUT2D eigenvalue weighted by Gasteiger charge is 2.08. The van der Waals surface area contributed by atoms with Crippen molar-refractivity contribution in [1.82, 2.24) is 0 Å².